The molecule has 1 atom stereocenters. The van der Waals surface area contributed by atoms with Crippen molar-refractivity contribution in [2.24, 2.45) is 0 Å². The highest BCUT2D eigenvalue weighted by atomic mass is 16.5. The zero-order valence-electron chi connectivity index (χ0n) is 15.0. The van der Waals surface area contributed by atoms with Gasteiger partial charge in [0.2, 0.25) is 6.10 Å². The third-order valence-corrected chi connectivity index (χ3v) is 3.59. The summed E-state index contributed by atoms with van der Waals surface area (Å²) >= 11 is 0. The molecule has 0 saturated heterocycles. The number of imide groups is 1. The molecule has 0 saturated carbocycles. The lowest BCUT2D eigenvalue weighted by molar-refractivity contribution is -0.156. The van der Waals surface area contributed by atoms with Crippen LogP contribution < -0.4 is 15.4 Å². The maximum absolute atomic E-state index is 12.3. The number of hydrogen-bond acceptors (Lipinski definition) is 5. The molecule has 3 amide bonds. The van der Waals surface area contributed by atoms with Gasteiger partial charge >= 0.3 is 12.0 Å². The number of ether oxygens (including phenoxy) is 2. The van der Waals surface area contributed by atoms with E-state index < -0.39 is 24.0 Å². The fourth-order valence-electron chi connectivity index (χ4n) is 2.25. The van der Waals surface area contributed by atoms with Crippen LogP contribution in [0.3, 0.4) is 0 Å². The van der Waals surface area contributed by atoms with Crippen molar-refractivity contribution in [2.45, 2.75) is 18.9 Å². The van der Waals surface area contributed by atoms with E-state index in [0.29, 0.717) is 18.6 Å². The molecule has 0 bridgehead atoms. The first kappa shape index (κ1) is 20.0. The summed E-state index contributed by atoms with van der Waals surface area (Å²) in [6.45, 7) is 0.347. The van der Waals surface area contributed by atoms with Crippen molar-refractivity contribution in [3.63, 3.8) is 0 Å². The van der Waals surface area contributed by atoms with Crippen LogP contribution in [0.2, 0.25) is 0 Å². The van der Waals surface area contributed by atoms with Gasteiger partial charge in [-0.1, -0.05) is 48.5 Å². The van der Waals surface area contributed by atoms with Gasteiger partial charge in [-0.05, 0) is 18.6 Å². The standard InChI is InChI=1S/C20H22N2O5/c1-21-20(25)22-19(24)18(15-9-4-2-5-10-15)27-17(23)13-8-14-26-16-11-6-3-7-12-16/h2-7,9-12,18H,8,13-14H2,1H3,(H2,21,22,24,25)/t18-/m1/s1. The lowest BCUT2D eigenvalue weighted by Gasteiger charge is -2.17. The van der Waals surface area contributed by atoms with Crippen molar-refractivity contribution >= 4 is 17.9 Å². The largest absolute Gasteiger partial charge is 0.494 e. The molecule has 0 aromatic heterocycles. The lowest BCUT2D eigenvalue weighted by atomic mass is 10.1. The van der Waals surface area contributed by atoms with Crippen molar-refractivity contribution in [3.8, 4) is 5.75 Å². The van der Waals surface area contributed by atoms with Crippen LogP contribution in [0.1, 0.15) is 24.5 Å². The molecule has 0 radical (unpaired) electrons. The summed E-state index contributed by atoms with van der Waals surface area (Å²) in [6, 6.07) is 17.1. The van der Waals surface area contributed by atoms with Gasteiger partial charge in [0.15, 0.2) is 0 Å². The number of urea groups is 1. The zero-order valence-corrected chi connectivity index (χ0v) is 15.0. The summed E-state index contributed by atoms with van der Waals surface area (Å²) in [5.41, 5.74) is 0.479. The van der Waals surface area contributed by atoms with Crippen LogP contribution in [-0.4, -0.2) is 31.6 Å². The fraction of sp³-hybridized carbons (Fsp3) is 0.250. The molecule has 0 unspecified atom stereocenters. The molecule has 0 fully saturated rings. The SMILES string of the molecule is CNC(=O)NC(=O)[C@H](OC(=O)CCCOc1ccccc1)c1ccccc1. The summed E-state index contributed by atoms with van der Waals surface area (Å²) in [6.07, 6.45) is -0.679. The summed E-state index contributed by atoms with van der Waals surface area (Å²) in [5.74, 6) is -0.542. The van der Waals surface area contributed by atoms with Crippen molar-refractivity contribution < 1.29 is 23.9 Å². The van der Waals surface area contributed by atoms with E-state index in [4.69, 9.17) is 9.47 Å². The van der Waals surface area contributed by atoms with E-state index in [-0.39, 0.29) is 6.42 Å². The van der Waals surface area contributed by atoms with Crippen LogP contribution in [0.15, 0.2) is 60.7 Å². The molecule has 2 rings (SSSR count). The molecule has 7 heteroatoms. The summed E-state index contributed by atoms with van der Waals surface area (Å²) < 4.78 is 10.8. The highest BCUT2D eigenvalue weighted by Gasteiger charge is 2.26. The molecule has 0 aliphatic rings. The van der Waals surface area contributed by atoms with Gasteiger partial charge in [0.1, 0.15) is 5.75 Å². The molecule has 2 aromatic rings. The monoisotopic (exact) mass is 370 g/mol. The summed E-state index contributed by atoms with van der Waals surface area (Å²) in [5, 5.41) is 4.42. The highest BCUT2D eigenvalue weighted by Crippen LogP contribution is 2.19. The van der Waals surface area contributed by atoms with Gasteiger partial charge in [-0.25, -0.2) is 4.79 Å². The molecule has 142 valence electrons. The number of carbonyl (C=O) groups excluding carboxylic acids is 3. The van der Waals surface area contributed by atoms with Gasteiger partial charge in [0, 0.05) is 19.0 Å². The first-order valence-corrected chi connectivity index (χ1v) is 8.55. The van der Waals surface area contributed by atoms with E-state index in [2.05, 4.69) is 10.6 Å². The quantitative estimate of drug-likeness (QED) is 0.550. The van der Waals surface area contributed by atoms with E-state index in [1.54, 1.807) is 30.3 Å². The number of hydrogen-bond donors (Lipinski definition) is 2. The predicted octanol–water partition coefficient (Wildman–Crippen LogP) is 2.59. The van der Waals surface area contributed by atoms with Crippen molar-refractivity contribution in [1.29, 1.82) is 0 Å². The third kappa shape index (κ3) is 6.81. The van der Waals surface area contributed by atoms with E-state index in [1.807, 2.05) is 30.3 Å². The van der Waals surface area contributed by atoms with Crippen LogP contribution >= 0.6 is 0 Å². The molecule has 7 nitrogen and oxygen atoms in total. The van der Waals surface area contributed by atoms with Gasteiger partial charge in [-0.3, -0.25) is 14.9 Å². The lowest BCUT2D eigenvalue weighted by Crippen LogP contribution is -2.41. The second kappa shape index (κ2) is 10.6. The maximum atomic E-state index is 12.3. The fourth-order valence-corrected chi connectivity index (χ4v) is 2.25. The number of benzene rings is 2. The number of para-hydroxylation sites is 1. The van der Waals surface area contributed by atoms with Crippen LogP contribution in [-0.2, 0) is 14.3 Å². The number of carbonyl (C=O) groups is 3. The van der Waals surface area contributed by atoms with E-state index in [0.717, 1.165) is 5.75 Å². The summed E-state index contributed by atoms with van der Waals surface area (Å²) in [4.78, 5) is 35.8. The Morgan fingerprint density at radius 3 is 2.22 bits per heavy atom. The van der Waals surface area contributed by atoms with Gasteiger partial charge in [-0.2, -0.15) is 0 Å². The summed E-state index contributed by atoms with van der Waals surface area (Å²) in [7, 11) is 1.39. The number of nitrogens with one attached hydrogen (secondary N) is 2. The highest BCUT2D eigenvalue weighted by molar-refractivity contribution is 5.97. The Balaban J connectivity index is 1.88. The maximum Gasteiger partial charge on any atom is 0.321 e. The number of esters is 1. The molecular weight excluding hydrogens is 348 g/mol. The smallest absolute Gasteiger partial charge is 0.321 e. The molecule has 2 aromatic carbocycles. The molecule has 0 spiro atoms. The van der Waals surface area contributed by atoms with E-state index in [9.17, 15) is 14.4 Å². The molecule has 27 heavy (non-hydrogen) atoms. The van der Waals surface area contributed by atoms with E-state index >= 15 is 0 Å². The molecule has 0 aliphatic heterocycles. The Kier molecular flexibility index (Phi) is 7.84. The molecule has 0 aliphatic carbocycles. The Hall–Kier alpha value is -3.35. The Morgan fingerprint density at radius 1 is 0.963 bits per heavy atom. The van der Waals surface area contributed by atoms with E-state index in [1.165, 1.54) is 7.05 Å². The topological polar surface area (TPSA) is 93.7 Å². The minimum atomic E-state index is -1.20. The molecular formula is C20H22N2O5. The second-order valence-electron chi connectivity index (χ2n) is 5.61. The minimum Gasteiger partial charge on any atom is -0.494 e. The second-order valence-corrected chi connectivity index (χ2v) is 5.61. The van der Waals surface area contributed by atoms with Gasteiger partial charge < -0.3 is 14.8 Å². The van der Waals surface area contributed by atoms with Crippen molar-refractivity contribution in [1.82, 2.24) is 10.6 Å². The van der Waals surface area contributed by atoms with Gasteiger partial charge in [-0.15, -0.1) is 0 Å². The average Bonchev–Trinajstić information content (AvgIpc) is 2.70. The van der Waals surface area contributed by atoms with Crippen LogP contribution in [0.25, 0.3) is 0 Å². The normalized spacial score (nSPS) is 11.1. The first-order chi connectivity index (χ1) is 13.1. The Labute approximate surface area is 157 Å². The number of amides is 3. The molecule has 0 heterocycles. The predicted molar refractivity (Wildman–Crippen MR) is 99.0 cm³/mol. The van der Waals surface area contributed by atoms with Crippen LogP contribution in [0, 0.1) is 0 Å². The van der Waals surface area contributed by atoms with Gasteiger partial charge in [0.25, 0.3) is 5.91 Å². The first-order valence-electron chi connectivity index (χ1n) is 8.55. The number of rotatable bonds is 8. The Bertz CT molecular complexity index is 749. The Morgan fingerprint density at radius 2 is 1.59 bits per heavy atom. The average molecular weight is 370 g/mol. The van der Waals surface area contributed by atoms with Crippen molar-refractivity contribution in [2.75, 3.05) is 13.7 Å². The molecule has 2 N–H and O–H groups in total. The van der Waals surface area contributed by atoms with Gasteiger partial charge in [0.05, 0.1) is 6.61 Å². The third-order valence-electron chi connectivity index (χ3n) is 3.59. The van der Waals surface area contributed by atoms with Crippen LogP contribution in [0.4, 0.5) is 4.79 Å². The zero-order chi connectivity index (χ0) is 19.5. The van der Waals surface area contributed by atoms with Crippen LogP contribution in [0.5, 0.6) is 5.75 Å². The minimum absolute atomic E-state index is 0.0867. The van der Waals surface area contributed by atoms with Crippen molar-refractivity contribution in [3.05, 3.63) is 66.2 Å².